The number of carbonyl (C=O) groups is 2. The quantitative estimate of drug-likeness (QED) is 0.703. The van der Waals surface area contributed by atoms with Crippen LogP contribution in [-0.4, -0.2) is 44.2 Å². The van der Waals surface area contributed by atoms with Gasteiger partial charge in [-0.3, -0.25) is 9.59 Å². The van der Waals surface area contributed by atoms with Crippen LogP contribution in [0.4, 0.5) is 11.4 Å². The average Bonchev–Trinajstić information content (AvgIpc) is 2.81. The second kappa shape index (κ2) is 9.44. The predicted molar refractivity (Wildman–Crippen MR) is 129 cm³/mol. The van der Waals surface area contributed by atoms with Crippen LogP contribution < -0.4 is 10.2 Å². The fourth-order valence-electron chi connectivity index (χ4n) is 4.56. The van der Waals surface area contributed by atoms with Crippen molar-refractivity contribution in [1.29, 1.82) is 0 Å². The zero-order valence-electron chi connectivity index (χ0n) is 18.8. The molecule has 0 aromatic heterocycles. The zero-order chi connectivity index (χ0) is 23.8. The first-order valence-corrected chi connectivity index (χ1v) is 13.0. The number of nitrogens with zero attached hydrogens (tertiary/aromatic N) is 2. The van der Waals surface area contributed by atoms with Crippen molar-refractivity contribution >= 4 is 44.8 Å². The Morgan fingerprint density at radius 3 is 2.67 bits per heavy atom. The molecule has 0 saturated carbocycles. The van der Waals surface area contributed by atoms with E-state index in [1.807, 2.05) is 6.92 Å². The molecule has 1 saturated heterocycles. The fourth-order valence-corrected chi connectivity index (χ4v) is 6.31. The molecule has 2 heterocycles. The molecule has 0 aliphatic carbocycles. The highest BCUT2D eigenvalue weighted by molar-refractivity contribution is 7.89. The van der Waals surface area contributed by atoms with E-state index in [9.17, 15) is 18.0 Å². The van der Waals surface area contributed by atoms with Crippen molar-refractivity contribution in [2.75, 3.05) is 29.9 Å². The summed E-state index contributed by atoms with van der Waals surface area (Å²) < 4.78 is 28.2. The van der Waals surface area contributed by atoms with Crippen LogP contribution in [0.1, 0.15) is 37.3 Å². The fraction of sp³-hybridized carbons (Fsp3) is 0.417. The van der Waals surface area contributed by atoms with E-state index < -0.39 is 15.9 Å². The average molecular weight is 490 g/mol. The molecule has 1 fully saturated rings. The van der Waals surface area contributed by atoms with Crippen LogP contribution >= 0.6 is 11.6 Å². The Labute approximate surface area is 199 Å². The van der Waals surface area contributed by atoms with E-state index in [-0.39, 0.29) is 23.3 Å². The van der Waals surface area contributed by atoms with Crippen LogP contribution in [0, 0.1) is 12.8 Å². The molecule has 9 heteroatoms. The highest BCUT2D eigenvalue weighted by Gasteiger charge is 2.34. The van der Waals surface area contributed by atoms with Gasteiger partial charge < -0.3 is 10.2 Å². The minimum Gasteiger partial charge on any atom is -0.326 e. The maximum Gasteiger partial charge on any atom is 0.243 e. The highest BCUT2D eigenvalue weighted by Crippen LogP contribution is 2.32. The molecule has 7 nitrogen and oxygen atoms in total. The second-order valence-corrected chi connectivity index (χ2v) is 11.0. The number of anilines is 2. The van der Waals surface area contributed by atoms with Crippen molar-refractivity contribution < 1.29 is 18.0 Å². The van der Waals surface area contributed by atoms with Crippen molar-refractivity contribution in [3.05, 3.63) is 52.5 Å². The maximum atomic E-state index is 13.4. The Hall–Kier alpha value is -2.42. The lowest BCUT2D eigenvalue weighted by Gasteiger charge is -2.32. The van der Waals surface area contributed by atoms with Crippen LogP contribution in [0.15, 0.2) is 41.3 Å². The summed E-state index contributed by atoms with van der Waals surface area (Å²) in [7, 11) is -3.76. The van der Waals surface area contributed by atoms with Crippen LogP contribution in [0.5, 0.6) is 0 Å². The molecule has 2 aliphatic heterocycles. The van der Waals surface area contributed by atoms with E-state index in [1.54, 1.807) is 41.3 Å². The maximum absolute atomic E-state index is 13.4. The predicted octanol–water partition coefficient (Wildman–Crippen LogP) is 3.99. The molecule has 0 bridgehead atoms. The zero-order valence-corrected chi connectivity index (χ0v) is 20.4. The number of sulfonamides is 1. The van der Waals surface area contributed by atoms with E-state index >= 15 is 0 Å². The molecule has 2 aromatic rings. The third kappa shape index (κ3) is 4.78. The van der Waals surface area contributed by atoms with Crippen LogP contribution in [0.3, 0.4) is 0 Å². The number of rotatable bonds is 4. The monoisotopic (exact) mass is 489 g/mol. The van der Waals surface area contributed by atoms with Crippen molar-refractivity contribution in [2.24, 2.45) is 5.92 Å². The summed E-state index contributed by atoms with van der Waals surface area (Å²) in [4.78, 5) is 26.7. The van der Waals surface area contributed by atoms with Gasteiger partial charge in [0.1, 0.15) is 0 Å². The second-order valence-electron chi connectivity index (χ2n) is 8.67. The molecule has 2 aromatic carbocycles. The molecule has 2 amide bonds. The largest absolute Gasteiger partial charge is 0.326 e. The molecular formula is C24H28ClN3O4S. The first-order valence-electron chi connectivity index (χ1n) is 11.2. The molecule has 0 spiro atoms. The van der Waals surface area contributed by atoms with E-state index in [4.69, 9.17) is 11.6 Å². The lowest BCUT2D eigenvalue weighted by atomic mass is 9.98. The third-order valence-electron chi connectivity index (χ3n) is 6.47. The van der Waals surface area contributed by atoms with Gasteiger partial charge in [0.2, 0.25) is 21.8 Å². The number of nitrogens with one attached hydrogen (secondary N) is 1. The molecule has 0 radical (unpaired) electrons. The first kappa shape index (κ1) is 23.7. The van der Waals surface area contributed by atoms with Crippen molar-refractivity contribution in [2.45, 2.75) is 44.4 Å². The summed E-state index contributed by atoms with van der Waals surface area (Å²) >= 11 is 6.15. The Bertz CT molecular complexity index is 1200. The van der Waals surface area contributed by atoms with Gasteiger partial charge in [0.15, 0.2) is 0 Å². The summed E-state index contributed by atoms with van der Waals surface area (Å²) in [5, 5.41) is 3.47. The Balaban J connectivity index is 1.52. The molecule has 2 aliphatic rings. The number of fused-ring (bicyclic) bond motifs is 1. The summed E-state index contributed by atoms with van der Waals surface area (Å²) in [5.41, 5.74) is 3.06. The first-order chi connectivity index (χ1) is 15.7. The van der Waals surface area contributed by atoms with Crippen LogP contribution in [0.2, 0.25) is 5.02 Å². The lowest BCUT2D eigenvalue weighted by molar-refractivity contribution is -0.121. The summed E-state index contributed by atoms with van der Waals surface area (Å²) in [5.74, 6) is -0.702. The van der Waals surface area contributed by atoms with Gasteiger partial charge in [0.05, 0.1) is 10.8 Å². The number of benzene rings is 2. The molecular weight excluding hydrogens is 462 g/mol. The van der Waals surface area contributed by atoms with Gasteiger partial charge >= 0.3 is 0 Å². The summed E-state index contributed by atoms with van der Waals surface area (Å²) in [6, 6.07) is 10.3. The molecule has 1 atom stereocenters. The third-order valence-corrected chi connectivity index (χ3v) is 8.74. The minimum atomic E-state index is -3.76. The number of aryl methyl sites for hydroxylation is 1. The minimum absolute atomic E-state index is 0.0496. The number of piperidine rings is 1. The van der Waals surface area contributed by atoms with Crippen LogP contribution in [-0.2, 0) is 26.0 Å². The molecule has 4 rings (SSSR count). The van der Waals surface area contributed by atoms with Gasteiger partial charge in [-0.25, -0.2) is 8.42 Å². The molecule has 176 valence electrons. The molecule has 1 N–H and O–H groups in total. The number of halogens is 1. The van der Waals surface area contributed by atoms with Gasteiger partial charge in [-0.15, -0.1) is 0 Å². The van der Waals surface area contributed by atoms with E-state index in [1.165, 1.54) is 11.2 Å². The number of hydrogen-bond acceptors (Lipinski definition) is 4. The topological polar surface area (TPSA) is 86.8 Å². The summed E-state index contributed by atoms with van der Waals surface area (Å²) in [6.45, 7) is 4.50. The number of carbonyl (C=O) groups excluding carboxylic acids is 2. The number of hydrogen-bond donors (Lipinski definition) is 1. The van der Waals surface area contributed by atoms with Gasteiger partial charge in [-0.1, -0.05) is 17.7 Å². The van der Waals surface area contributed by atoms with Gasteiger partial charge in [-0.2, -0.15) is 4.31 Å². The normalized spacial score (nSPS) is 19.1. The molecule has 0 unspecified atom stereocenters. The summed E-state index contributed by atoms with van der Waals surface area (Å²) in [6.07, 6.45) is 2.75. The van der Waals surface area contributed by atoms with Gasteiger partial charge in [0, 0.05) is 43.0 Å². The van der Waals surface area contributed by atoms with E-state index in [0.29, 0.717) is 36.6 Å². The van der Waals surface area contributed by atoms with E-state index in [0.717, 1.165) is 29.7 Å². The Morgan fingerprint density at radius 1 is 1.12 bits per heavy atom. The van der Waals surface area contributed by atoms with Gasteiger partial charge in [0.25, 0.3) is 0 Å². The highest BCUT2D eigenvalue weighted by atomic mass is 35.5. The Kier molecular flexibility index (Phi) is 6.79. The van der Waals surface area contributed by atoms with E-state index in [2.05, 4.69) is 5.32 Å². The van der Waals surface area contributed by atoms with Crippen molar-refractivity contribution in [1.82, 2.24) is 4.31 Å². The Morgan fingerprint density at radius 2 is 1.91 bits per heavy atom. The number of amides is 2. The van der Waals surface area contributed by atoms with Crippen molar-refractivity contribution in [3.63, 3.8) is 0 Å². The van der Waals surface area contributed by atoms with Gasteiger partial charge in [-0.05, 0) is 74.1 Å². The SMILES string of the molecule is CC(=O)N1CCCc2cc(S(=O)(=O)N3CCC[C@H](C(=O)Nc4cccc(Cl)c4C)C3)ccc21. The lowest BCUT2D eigenvalue weighted by Crippen LogP contribution is -2.43. The smallest absolute Gasteiger partial charge is 0.243 e. The molecule has 33 heavy (non-hydrogen) atoms. The standard InChI is InChI=1S/C24H28ClN3O4S/c1-16-21(25)8-3-9-22(16)26-24(30)19-7-4-12-27(15-19)33(31,32)20-10-11-23-18(14-20)6-5-13-28(23)17(2)29/h3,8-11,14,19H,4-7,12-13,15H2,1-2H3,(H,26,30)/t19-/m0/s1. The van der Waals surface area contributed by atoms with Crippen molar-refractivity contribution in [3.8, 4) is 0 Å². The van der Waals surface area contributed by atoms with Crippen LogP contribution in [0.25, 0.3) is 0 Å².